The van der Waals surface area contributed by atoms with E-state index in [0.717, 1.165) is 5.56 Å². The molecule has 1 aromatic rings. The summed E-state index contributed by atoms with van der Waals surface area (Å²) >= 11 is 6.00. The Kier molecular flexibility index (Phi) is 6.01. The van der Waals surface area contributed by atoms with Crippen LogP contribution in [0.15, 0.2) is 24.3 Å². The van der Waals surface area contributed by atoms with Crippen molar-refractivity contribution in [2.45, 2.75) is 25.2 Å². The third kappa shape index (κ3) is 5.56. The third-order valence-electron chi connectivity index (χ3n) is 3.40. The number of sulfone groups is 1. The second-order valence-electron chi connectivity index (χ2n) is 5.27. The summed E-state index contributed by atoms with van der Waals surface area (Å²) in [6, 6.07) is 7.33. The highest BCUT2D eigenvalue weighted by Crippen LogP contribution is 2.15. The molecule has 2 unspecified atom stereocenters. The van der Waals surface area contributed by atoms with Gasteiger partial charge in [-0.25, -0.2) is 8.42 Å². The predicted molar refractivity (Wildman–Crippen MR) is 82.2 cm³/mol. The molecule has 0 spiro atoms. The predicted octanol–water partition coefficient (Wildman–Crippen LogP) is 0.994. The minimum Gasteiger partial charge on any atom is -0.389 e. The second-order valence-corrected chi connectivity index (χ2v) is 7.90. The zero-order chi connectivity index (χ0) is 15.3. The Balaban J connectivity index is 1.64. The topological polar surface area (TPSA) is 75.6 Å². The average molecular weight is 334 g/mol. The maximum atomic E-state index is 11.3. The molecule has 2 rings (SSSR count). The minimum absolute atomic E-state index is 0.0618. The first kappa shape index (κ1) is 16.7. The summed E-state index contributed by atoms with van der Waals surface area (Å²) in [5.41, 5.74) is 0.876. The van der Waals surface area contributed by atoms with Crippen LogP contribution in [0.2, 0.25) is 5.02 Å². The zero-order valence-electron chi connectivity index (χ0n) is 11.7. The van der Waals surface area contributed by atoms with Gasteiger partial charge in [0.1, 0.15) is 0 Å². The van der Waals surface area contributed by atoms with E-state index in [1.165, 1.54) is 0 Å². The van der Waals surface area contributed by atoms with Crippen molar-refractivity contribution in [2.75, 3.05) is 24.7 Å². The number of aliphatic hydroxyl groups is 1. The maximum Gasteiger partial charge on any atom is 0.151 e. The molecule has 1 aromatic carbocycles. The summed E-state index contributed by atoms with van der Waals surface area (Å²) < 4.78 is 28.0. The molecule has 2 N–H and O–H groups in total. The van der Waals surface area contributed by atoms with E-state index in [-0.39, 0.29) is 24.2 Å². The highest BCUT2D eigenvalue weighted by molar-refractivity contribution is 7.91. The molecule has 0 radical (unpaired) electrons. The van der Waals surface area contributed by atoms with Crippen molar-refractivity contribution in [2.24, 2.45) is 0 Å². The van der Waals surface area contributed by atoms with E-state index in [9.17, 15) is 13.5 Å². The van der Waals surface area contributed by atoms with E-state index in [2.05, 4.69) is 5.32 Å². The lowest BCUT2D eigenvalue weighted by Crippen LogP contribution is -2.38. The van der Waals surface area contributed by atoms with Crippen LogP contribution in [-0.2, 0) is 21.2 Å². The van der Waals surface area contributed by atoms with Crippen LogP contribution in [0.4, 0.5) is 0 Å². The van der Waals surface area contributed by atoms with Crippen LogP contribution in [0.25, 0.3) is 0 Å². The summed E-state index contributed by atoms with van der Waals surface area (Å²) in [5, 5.41) is 13.5. The van der Waals surface area contributed by atoms with Crippen molar-refractivity contribution < 1.29 is 18.3 Å². The van der Waals surface area contributed by atoms with Crippen molar-refractivity contribution >= 4 is 21.4 Å². The molecule has 0 aliphatic carbocycles. The molecule has 21 heavy (non-hydrogen) atoms. The molecule has 1 saturated heterocycles. The van der Waals surface area contributed by atoms with Gasteiger partial charge in [0.25, 0.3) is 0 Å². The fourth-order valence-corrected chi connectivity index (χ4v) is 4.14. The van der Waals surface area contributed by atoms with Crippen LogP contribution in [0.5, 0.6) is 0 Å². The van der Waals surface area contributed by atoms with Crippen LogP contribution in [0, 0.1) is 0 Å². The Morgan fingerprint density at radius 1 is 1.43 bits per heavy atom. The first-order valence-corrected chi connectivity index (χ1v) is 9.09. The van der Waals surface area contributed by atoms with Crippen molar-refractivity contribution in [1.82, 2.24) is 5.32 Å². The van der Waals surface area contributed by atoms with Crippen LogP contribution in [-0.4, -0.2) is 50.3 Å². The van der Waals surface area contributed by atoms with Crippen LogP contribution < -0.4 is 5.32 Å². The first-order chi connectivity index (χ1) is 9.96. The molecule has 1 aliphatic heterocycles. The van der Waals surface area contributed by atoms with Gasteiger partial charge in [-0.05, 0) is 18.1 Å². The number of aliphatic hydroxyl groups excluding tert-OH is 1. The molecular formula is C14H20ClNO4S. The molecule has 1 heterocycles. The van der Waals surface area contributed by atoms with Gasteiger partial charge in [0, 0.05) is 17.6 Å². The molecule has 1 fully saturated rings. The molecule has 0 bridgehead atoms. The van der Waals surface area contributed by atoms with Gasteiger partial charge in [-0.3, -0.25) is 0 Å². The van der Waals surface area contributed by atoms with Gasteiger partial charge >= 0.3 is 0 Å². The van der Waals surface area contributed by atoms with E-state index in [0.29, 0.717) is 24.6 Å². The number of ether oxygens (including phenoxy) is 1. The summed E-state index contributed by atoms with van der Waals surface area (Å²) in [6.07, 6.45) is -0.0639. The Morgan fingerprint density at radius 2 is 2.19 bits per heavy atom. The van der Waals surface area contributed by atoms with E-state index >= 15 is 0 Å². The fraction of sp³-hybridized carbons (Fsp3) is 0.571. The monoisotopic (exact) mass is 333 g/mol. The molecular weight excluding hydrogens is 314 g/mol. The second kappa shape index (κ2) is 7.56. The van der Waals surface area contributed by atoms with Gasteiger partial charge in [0.15, 0.2) is 9.84 Å². The first-order valence-electron chi connectivity index (χ1n) is 6.89. The normalized spacial score (nSPS) is 22.3. The van der Waals surface area contributed by atoms with Crippen molar-refractivity contribution in [3.63, 3.8) is 0 Å². The molecule has 0 amide bonds. The van der Waals surface area contributed by atoms with E-state index in [4.69, 9.17) is 16.3 Å². The van der Waals surface area contributed by atoms with Crippen molar-refractivity contribution in [3.05, 3.63) is 34.9 Å². The molecule has 0 aromatic heterocycles. The van der Waals surface area contributed by atoms with Gasteiger partial charge in [0.2, 0.25) is 0 Å². The number of hydrogen-bond acceptors (Lipinski definition) is 5. The highest BCUT2D eigenvalue weighted by Gasteiger charge is 2.27. The summed E-state index contributed by atoms with van der Waals surface area (Å²) in [4.78, 5) is 0. The summed E-state index contributed by atoms with van der Waals surface area (Å²) in [5.74, 6) is 0.379. The largest absolute Gasteiger partial charge is 0.389 e. The van der Waals surface area contributed by atoms with Gasteiger partial charge < -0.3 is 15.2 Å². The summed E-state index contributed by atoms with van der Waals surface area (Å²) in [6.45, 7) is 0.842. The lowest BCUT2D eigenvalue weighted by Gasteiger charge is -2.15. The van der Waals surface area contributed by atoms with Crippen LogP contribution in [0.1, 0.15) is 12.0 Å². The van der Waals surface area contributed by atoms with Gasteiger partial charge in [0.05, 0.1) is 30.8 Å². The molecule has 2 atom stereocenters. The van der Waals surface area contributed by atoms with Crippen LogP contribution >= 0.6 is 11.6 Å². The standard InChI is InChI=1S/C14H20ClNO4S/c15-14-4-2-1-3-11(14)8-20-9-13(17)7-16-12-5-6-21(18,19)10-12/h1-4,12-13,16-17H,5-10H2. The Hall–Kier alpha value is -0.660. The number of benzene rings is 1. The van der Waals surface area contributed by atoms with Gasteiger partial charge in [-0.1, -0.05) is 29.8 Å². The third-order valence-corrected chi connectivity index (χ3v) is 5.54. The average Bonchev–Trinajstić information content (AvgIpc) is 2.78. The van der Waals surface area contributed by atoms with Crippen molar-refractivity contribution in [1.29, 1.82) is 0 Å². The minimum atomic E-state index is -2.89. The molecule has 7 heteroatoms. The molecule has 118 valence electrons. The van der Waals surface area contributed by atoms with Crippen LogP contribution in [0.3, 0.4) is 0 Å². The number of hydrogen-bond donors (Lipinski definition) is 2. The molecule has 1 aliphatic rings. The van der Waals surface area contributed by atoms with Gasteiger partial charge in [-0.15, -0.1) is 0 Å². The number of halogens is 1. The van der Waals surface area contributed by atoms with E-state index in [1.54, 1.807) is 6.07 Å². The fourth-order valence-electron chi connectivity index (χ4n) is 2.24. The Morgan fingerprint density at radius 3 is 2.86 bits per heavy atom. The van der Waals surface area contributed by atoms with E-state index < -0.39 is 15.9 Å². The zero-order valence-corrected chi connectivity index (χ0v) is 13.2. The lowest BCUT2D eigenvalue weighted by molar-refractivity contribution is 0.0279. The Labute approximate surface area is 130 Å². The Bertz CT molecular complexity index is 564. The number of nitrogens with one attached hydrogen (secondary N) is 1. The molecule has 0 saturated carbocycles. The molecule has 5 nitrogen and oxygen atoms in total. The quantitative estimate of drug-likeness (QED) is 0.778. The van der Waals surface area contributed by atoms with Gasteiger partial charge in [-0.2, -0.15) is 0 Å². The highest BCUT2D eigenvalue weighted by atomic mass is 35.5. The smallest absolute Gasteiger partial charge is 0.151 e. The van der Waals surface area contributed by atoms with Crippen molar-refractivity contribution in [3.8, 4) is 0 Å². The lowest BCUT2D eigenvalue weighted by atomic mass is 10.2. The summed E-state index contributed by atoms with van der Waals surface area (Å²) in [7, 11) is -2.89. The number of rotatable bonds is 7. The maximum absolute atomic E-state index is 11.3. The SMILES string of the molecule is O=S1(=O)CCC(NCC(O)COCc2ccccc2Cl)C1. The van der Waals surface area contributed by atoms with E-state index in [1.807, 2.05) is 18.2 Å².